The Morgan fingerprint density at radius 3 is 2.46 bits per heavy atom. The first-order valence-electron chi connectivity index (χ1n) is 5.16. The lowest BCUT2D eigenvalue weighted by Crippen LogP contribution is -2.34. The van der Waals surface area contributed by atoms with Gasteiger partial charge in [-0.3, -0.25) is 4.79 Å². The van der Waals surface area contributed by atoms with Gasteiger partial charge in [0, 0.05) is 24.9 Å². The van der Waals surface area contributed by atoms with Crippen LogP contribution in [0.4, 0.5) is 0 Å². The van der Waals surface area contributed by atoms with Gasteiger partial charge in [0.1, 0.15) is 0 Å². The molecular formula is C10H16ClNO. The minimum absolute atomic E-state index is 0.339. The van der Waals surface area contributed by atoms with Crippen molar-refractivity contribution in [1.29, 1.82) is 0 Å². The molecule has 0 unspecified atom stereocenters. The van der Waals surface area contributed by atoms with Gasteiger partial charge in [0.25, 0.3) is 0 Å². The lowest BCUT2D eigenvalue weighted by Gasteiger charge is -2.21. The van der Waals surface area contributed by atoms with Crippen molar-refractivity contribution in [3.8, 4) is 0 Å². The Morgan fingerprint density at radius 1 is 1.31 bits per heavy atom. The first-order chi connectivity index (χ1) is 6.31. The average Bonchev–Trinajstić information content (AvgIpc) is 2.92. The highest BCUT2D eigenvalue weighted by Crippen LogP contribution is 2.35. The summed E-state index contributed by atoms with van der Waals surface area (Å²) in [6.07, 6.45) is 5.66. The molecule has 2 aliphatic carbocycles. The third-order valence-corrected chi connectivity index (χ3v) is 2.96. The van der Waals surface area contributed by atoms with E-state index in [0.717, 1.165) is 13.0 Å². The van der Waals surface area contributed by atoms with Crippen molar-refractivity contribution in [3.05, 3.63) is 0 Å². The van der Waals surface area contributed by atoms with Crippen LogP contribution >= 0.6 is 11.6 Å². The van der Waals surface area contributed by atoms with Crippen LogP contribution < -0.4 is 0 Å². The van der Waals surface area contributed by atoms with Gasteiger partial charge in [-0.1, -0.05) is 0 Å². The molecule has 0 aromatic rings. The van der Waals surface area contributed by atoms with E-state index in [2.05, 4.69) is 0 Å². The highest BCUT2D eigenvalue weighted by Gasteiger charge is 2.34. The second-order valence-electron chi connectivity index (χ2n) is 4.15. The molecule has 2 rings (SSSR count). The highest BCUT2D eigenvalue weighted by atomic mass is 35.5. The molecule has 2 nitrogen and oxygen atoms in total. The number of nitrogens with zero attached hydrogens (tertiary/aromatic N) is 1. The van der Waals surface area contributed by atoms with Crippen molar-refractivity contribution in [2.24, 2.45) is 5.92 Å². The van der Waals surface area contributed by atoms with Gasteiger partial charge in [-0.15, -0.1) is 11.6 Å². The normalized spacial score (nSPS) is 21.6. The van der Waals surface area contributed by atoms with E-state index in [9.17, 15) is 4.79 Å². The average molecular weight is 202 g/mol. The molecule has 0 bridgehead atoms. The Hall–Kier alpha value is -0.240. The molecule has 0 heterocycles. The molecule has 0 aromatic heterocycles. The molecule has 13 heavy (non-hydrogen) atoms. The van der Waals surface area contributed by atoms with Crippen molar-refractivity contribution < 1.29 is 4.79 Å². The van der Waals surface area contributed by atoms with Gasteiger partial charge in [-0.2, -0.15) is 0 Å². The topological polar surface area (TPSA) is 20.3 Å². The number of hydrogen-bond acceptors (Lipinski definition) is 1. The van der Waals surface area contributed by atoms with E-state index in [1.54, 1.807) is 0 Å². The Morgan fingerprint density at radius 2 is 2.00 bits per heavy atom. The summed E-state index contributed by atoms with van der Waals surface area (Å²) in [5, 5.41) is 0. The third kappa shape index (κ3) is 2.60. The summed E-state index contributed by atoms with van der Waals surface area (Å²) in [5.74, 6) is 1.61. The van der Waals surface area contributed by atoms with Crippen LogP contribution in [0.3, 0.4) is 0 Å². The zero-order chi connectivity index (χ0) is 9.26. The van der Waals surface area contributed by atoms with E-state index >= 15 is 0 Å². The fraction of sp³-hybridized carbons (Fsp3) is 0.900. The Kier molecular flexibility index (Phi) is 2.77. The van der Waals surface area contributed by atoms with Crippen LogP contribution in [0.25, 0.3) is 0 Å². The van der Waals surface area contributed by atoms with Crippen LogP contribution in [0.15, 0.2) is 0 Å². The number of alkyl halides is 1. The minimum atomic E-state index is 0.339. The molecular weight excluding hydrogens is 186 g/mol. The summed E-state index contributed by atoms with van der Waals surface area (Å²) < 4.78 is 0. The summed E-state index contributed by atoms with van der Waals surface area (Å²) in [4.78, 5) is 13.7. The maximum absolute atomic E-state index is 11.7. The second kappa shape index (κ2) is 3.87. The van der Waals surface area contributed by atoms with Crippen LogP contribution in [0.2, 0.25) is 0 Å². The van der Waals surface area contributed by atoms with E-state index in [1.807, 2.05) is 4.90 Å². The van der Waals surface area contributed by atoms with Crippen molar-refractivity contribution >= 4 is 17.5 Å². The van der Waals surface area contributed by atoms with Gasteiger partial charge in [-0.05, 0) is 31.6 Å². The maximum atomic E-state index is 11.7. The summed E-state index contributed by atoms with van der Waals surface area (Å²) >= 11 is 5.67. The minimum Gasteiger partial charge on any atom is -0.339 e. The highest BCUT2D eigenvalue weighted by molar-refractivity contribution is 6.18. The van der Waals surface area contributed by atoms with Gasteiger partial charge < -0.3 is 4.90 Å². The molecule has 0 N–H and O–H groups in total. The van der Waals surface area contributed by atoms with Gasteiger partial charge in [0.05, 0.1) is 0 Å². The van der Waals surface area contributed by atoms with Gasteiger partial charge in [-0.25, -0.2) is 0 Å². The molecule has 0 atom stereocenters. The zero-order valence-corrected chi connectivity index (χ0v) is 8.59. The second-order valence-corrected chi connectivity index (χ2v) is 4.53. The summed E-state index contributed by atoms with van der Waals surface area (Å²) in [6.45, 7) is 0.748. The van der Waals surface area contributed by atoms with Gasteiger partial charge in [0.2, 0.25) is 5.91 Å². The number of amides is 1. The van der Waals surface area contributed by atoms with E-state index < -0.39 is 0 Å². The number of carbonyl (C=O) groups is 1. The van der Waals surface area contributed by atoms with E-state index in [-0.39, 0.29) is 0 Å². The summed E-state index contributed by atoms with van der Waals surface area (Å²) in [7, 11) is 0. The SMILES string of the molecule is O=C(CC1CC1)N(CCCl)C1CC1. The van der Waals surface area contributed by atoms with Crippen molar-refractivity contribution in [3.63, 3.8) is 0 Å². The predicted molar refractivity (Wildman–Crippen MR) is 52.8 cm³/mol. The molecule has 0 spiro atoms. The van der Waals surface area contributed by atoms with E-state index in [0.29, 0.717) is 23.7 Å². The summed E-state index contributed by atoms with van der Waals surface area (Å²) in [5.41, 5.74) is 0. The van der Waals surface area contributed by atoms with Gasteiger partial charge in [0.15, 0.2) is 0 Å². The van der Waals surface area contributed by atoms with Crippen LogP contribution in [0.1, 0.15) is 32.1 Å². The van der Waals surface area contributed by atoms with Crippen molar-refractivity contribution in [2.45, 2.75) is 38.1 Å². The monoisotopic (exact) mass is 201 g/mol. The van der Waals surface area contributed by atoms with Crippen LogP contribution in [0, 0.1) is 5.92 Å². The molecule has 2 fully saturated rings. The maximum Gasteiger partial charge on any atom is 0.223 e. The van der Waals surface area contributed by atoms with E-state index in [4.69, 9.17) is 11.6 Å². The fourth-order valence-corrected chi connectivity index (χ4v) is 1.86. The number of carbonyl (C=O) groups excluding carboxylic acids is 1. The standard InChI is InChI=1S/C10H16ClNO/c11-5-6-12(9-3-4-9)10(13)7-8-1-2-8/h8-9H,1-7H2. The third-order valence-electron chi connectivity index (χ3n) is 2.79. The van der Waals surface area contributed by atoms with E-state index in [1.165, 1.54) is 25.7 Å². The van der Waals surface area contributed by atoms with Crippen LogP contribution in [-0.4, -0.2) is 29.3 Å². The lowest BCUT2D eigenvalue weighted by molar-refractivity contribution is -0.131. The molecule has 3 heteroatoms. The van der Waals surface area contributed by atoms with Crippen molar-refractivity contribution in [2.75, 3.05) is 12.4 Å². The first kappa shape index (κ1) is 9.32. The molecule has 0 aromatic carbocycles. The molecule has 74 valence electrons. The zero-order valence-electron chi connectivity index (χ0n) is 7.84. The lowest BCUT2D eigenvalue weighted by atomic mass is 10.2. The quantitative estimate of drug-likeness (QED) is 0.624. The van der Waals surface area contributed by atoms with Crippen molar-refractivity contribution in [1.82, 2.24) is 4.90 Å². The number of halogens is 1. The molecule has 0 radical (unpaired) electrons. The predicted octanol–water partition coefficient (Wildman–Crippen LogP) is 2.02. The first-order valence-corrected chi connectivity index (χ1v) is 5.70. The largest absolute Gasteiger partial charge is 0.339 e. The van der Waals surface area contributed by atoms with Crippen LogP contribution in [0.5, 0.6) is 0 Å². The number of rotatable bonds is 5. The molecule has 2 saturated carbocycles. The number of hydrogen-bond donors (Lipinski definition) is 0. The molecule has 0 aliphatic heterocycles. The molecule has 0 saturated heterocycles. The molecule has 1 amide bonds. The fourth-order valence-electron chi connectivity index (χ4n) is 1.67. The van der Waals surface area contributed by atoms with Crippen LogP contribution in [-0.2, 0) is 4.79 Å². The smallest absolute Gasteiger partial charge is 0.223 e. The Balaban J connectivity index is 1.81. The van der Waals surface area contributed by atoms with Gasteiger partial charge >= 0.3 is 0 Å². The Bertz CT molecular complexity index is 199. The Labute approximate surface area is 84.2 Å². The summed E-state index contributed by atoms with van der Waals surface area (Å²) in [6, 6.07) is 0.532. The molecule has 2 aliphatic rings.